The summed E-state index contributed by atoms with van der Waals surface area (Å²) in [6.07, 6.45) is 0. The topological polar surface area (TPSA) is 80.8 Å². The van der Waals surface area contributed by atoms with E-state index in [1.165, 1.54) is 30.6 Å². The van der Waals surface area contributed by atoms with Gasteiger partial charge >= 0.3 is 5.97 Å². The number of ether oxygens (including phenoxy) is 2. The minimum atomic E-state index is -0.538. The Bertz CT molecular complexity index is 1140. The van der Waals surface area contributed by atoms with Crippen LogP contribution in [0.1, 0.15) is 25.7 Å². The van der Waals surface area contributed by atoms with E-state index in [-0.39, 0.29) is 17.3 Å². The van der Waals surface area contributed by atoms with Crippen LogP contribution in [0, 0.1) is 12.7 Å². The molecule has 1 aromatic heterocycles. The number of hydrogen-bond acceptors (Lipinski definition) is 7. The second-order valence-electron chi connectivity index (χ2n) is 7.22. The standard InChI is InChI=1S/C23H22FN3O4S/c1-14-20(32-22(25-14)15-3-5-16(24)6-4-15)21(28)26-19-8-7-17(13-18(19)23(29)30-2)27-9-11-31-12-10-27/h3-8,13H,9-12H2,1-2H3,(H,26,28). The molecule has 2 heterocycles. The number of carbonyl (C=O) groups excluding carboxylic acids is 2. The minimum Gasteiger partial charge on any atom is -0.465 e. The highest BCUT2D eigenvalue weighted by molar-refractivity contribution is 7.17. The molecular formula is C23H22FN3O4S. The van der Waals surface area contributed by atoms with Gasteiger partial charge in [-0.3, -0.25) is 4.79 Å². The van der Waals surface area contributed by atoms with Crippen LogP contribution in [0.2, 0.25) is 0 Å². The van der Waals surface area contributed by atoms with Crippen molar-refractivity contribution in [2.24, 2.45) is 0 Å². The molecule has 166 valence electrons. The molecule has 0 aliphatic carbocycles. The van der Waals surface area contributed by atoms with Crippen molar-refractivity contribution in [2.45, 2.75) is 6.92 Å². The van der Waals surface area contributed by atoms with Gasteiger partial charge < -0.3 is 19.7 Å². The predicted molar refractivity (Wildman–Crippen MR) is 121 cm³/mol. The molecule has 0 atom stereocenters. The normalized spacial score (nSPS) is 13.7. The number of aryl methyl sites for hydroxylation is 1. The van der Waals surface area contributed by atoms with Crippen LogP contribution < -0.4 is 10.2 Å². The predicted octanol–water partition coefficient (Wildman–Crippen LogP) is 4.13. The second kappa shape index (κ2) is 9.46. The smallest absolute Gasteiger partial charge is 0.340 e. The zero-order valence-electron chi connectivity index (χ0n) is 17.7. The van der Waals surface area contributed by atoms with Gasteiger partial charge in [0.05, 0.1) is 37.3 Å². The SMILES string of the molecule is COC(=O)c1cc(N2CCOCC2)ccc1NC(=O)c1sc(-c2ccc(F)cc2)nc1C. The number of hydrogen-bond donors (Lipinski definition) is 1. The summed E-state index contributed by atoms with van der Waals surface area (Å²) in [5.74, 6) is -1.25. The first-order chi connectivity index (χ1) is 15.5. The van der Waals surface area contributed by atoms with E-state index >= 15 is 0 Å². The zero-order valence-corrected chi connectivity index (χ0v) is 18.5. The first-order valence-corrected chi connectivity index (χ1v) is 10.9. The van der Waals surface area contributed by atoms with Gasteiger partial charge in [0.1, 0.15) is 15.7 Å². The zero-order chi connectivity index (χ0) is 22.7. The summed E-state index contributed by atoms with van der Waals surface area (Å²) in [4.78, 5) is 32.4. The van der Waals surface area contributed by atoms with Crippen molar-refractivity contribution < 1.29 is 23.5 Å². The molecule has 4 rings (SSSR count). The number of rotatable bonds is 5. The molecule has 1 N–H and O–H groups in total. The molecule has 0 saturated carbocycles. The fourth-order valence-corrected chi connectivity index (χ4v) is 4.41. The van der Waals surface area contributed by atoms with Gasteiger partial charge in [0.2, 0.25) is 0 Å². The van der Waals surface area contributed by atoms with Crippen molar-refractivity contribution >= 4 is 34.6 Å². The number of halogens is 1. The van der Waals surface area contributed by atoms with E-state index < -0.39 is 5.97 Å². The summed E-state index contributed by atoms with van der Waals surface area (Å²) in [5, 5.41) is 3.43. The van der Waals surface area contributed by atoms with Gasteiger partial charge in [-0.2, -0.15) is 0 Å². The summed E-state index contributed by atoms with van der Waals surface area (Å²) >= 11 is 1.21. The van der Waals surface area contributed by atoms with Crippen molar-refractivity contribution in [2.75, 3.05) is 43.6 Å². The van der Waals surface area contributed by atoms with E-state index in [1.807, 2.05) is 6.07 Å². The average Bonchev–Trinajstić information content (AvgIpc) is 3.21. The molecule has 0 bridgehead atoms. The molecule has 7 nitrogen and oxygen atoms in total. The van der Waals surface area contributed by atoms with E-state index in [2.05, 4.69) is 15.2 Å². The van der Waals surface area contributed by atoms with Gasteiger partial charge in [0, 0.05) is 24.3 Å². The van der Waals surface area contributed by atoms with Crippen LogP contribution in [0.5, 0.6) is 0 Å². The second-order valence-corrected chi connectivity index (χ2v) is 8.21. The number of nitrogens with zero attached hydrogens (tertiary/aromatic N) is 2. The third kappa shape index (κ3) is 4.63. The summed E-state index contributed by atoms with van der Waals surface area (Å²) in [6.45, 7) is 4.42. The highest BCUT2D eigenvalue weighted by Gasteiger charge is 2.21. The molecule has 1 fully saturated rings. The van der Waals surface area contributed by atoms with Crippen LogP contribution in [0.3, 0.4) is 0 Å². The van der Waals surface area contributed by atoms with Crippen LogP contribution in [0.4, 0.5) is 15.8 Å². The molecule has 1 amide bonds. The van der Waals surface area contributed by atoms with E-state index in [0.717, 1.165) is 24.3 Å². The Labute approximate surface area is 188 Å². The summed E-state index contributed by atoms with van der Waals surface area (Å²) in [6, 6.07) is 11.2. The number of carbonyl (C=O) groups is 2. The monoisotopic (exact) mass is 455 g/mol. The molecule has 0 unspecified atom stereocenters. The molecule has 3 aromatic rings. The van der Waals surface area contributed by atoms with Crippen LogP contribution in [0.15, 0.2) is 42.5 Å². The highest BCUT2D eigenvalue weighted by Crippen LogP contribution is 2.30. The van der Waals surface area contributed by atoms with Gasteiger partial charge in [-0.15, -0.1) is 11.3 Å². The fraction of sp³-hybridized carbons (Fsp3) is 0.261. The number of thiazole rings is 1. The van der Waals surface area contributed by atoms with Gasteiger partial charge in [-0.05, 0) is 49.4 Å². The average molecular weight is 456 g/mol. The van der Waals surface area contributed by atoms with Gasteiger partial charge in [0.25, 0.3) is 5.91 Å². The molecule has 0 spiro atoms. The van der Waals surface area contributed by atoms with Gasteiger partial charge in [0.15, 0.2) is 0 Å². The van der Waals surface area contributed by atoms with Crippen molar-refractivity contribution in [3.63, 3.8) is 0 Å². The van der Waals surface area contributed by atoms with Crippen molar-refractivity contribution in [1.29, 1.82) is 0 Å². The molecule has 0 radical (unpaired) electrons. The van der Waals surface area contributed by atoms with Crippen LogP contribution in [-0.4, -0.2) is 50.3 Å². The summed E-state index contributed by atoms with van der Waals surface area (Å²) < 4.78 is 23.5. The maximum absolute atomic E-state index is 13.2. The molecule has 9 heteroatoms. The van der Waals surface area contributed by atoms with Gasteiger partial charge in [-0.1, -0.05) is 0 Å². The third-order valence-corrected chi connectivity index (χ3v) is 6.33. The maximum Gasteiger partial charge on any atom is 0.340 e. The number of anilines is 2. The molecule has 2 aromatic carbocycles. The van der Waals surface area contributed by atoms with Crippen LogP contribution >= 0.6 is 11.3 Å². The quantitative estimate of drug-likeness (QED) is 0.583. The Morgan fingerprint density at radius 1 is 1.16 bits per heavy atom. The first-order valence-electron chi connectivity index (χ1n) is 10.1. The number of aromatic nitrogens is 1. The number of nitrogens with one attached hydrogen (secondary N) is 1. The Morgan fingerprint density at radius 2 is 1.88 bits per heavy atom. The van der Waals surface area contributed by atoms with Crippen molar-refractivity contribution in [1.82, 2.24) is 4.98 Å². The minimum absolute atomic E-state index is 0.269. The number of methoxy groups -OCH3 is 1. The highest BCUT2D eigenvalue weighted by atomic mass is 32.1. The molecular weight excluding hydrogens is 433 g/mol. The van der Waals surface area contributed by atoms with Crippen molar-refractivity contribution in [3.05, 3.63) is 64.4 Å². The summed E-state index contributed by atoms with van der Waals surface area (Å²) in [7, 11) is 1.30. The lowest BCUT2D eigenvalue weighted by Gasteiger charge is -2.29. The molecule has 1 saturated heterocycles. The Hall–Kier alpha value is -3.30. The number of esters is 1. The lowest BCUT2D eigenvalue weighted by molar-refractivity contribution is 0.0602. The third-order valence-electron chi connectivity index (χ3n) is 5.13. The summed E-state index contributed by atoms with van der Waals surface area (Å²) in [5.41, 5.74) is 2.76. The van der Waals surface area contributed by atoms with Crippen LogP contribution in [0.25, 0.3) is 10.6 Å². The molecule has 1 aliphatic rings. The Kier molecular flexibility index (Phi) is 6.48. The van der Waals surface area contributed by atoms with E-state index in [1.54, 1.807) is 31.2 Å². The largest absolute Gasteiger partial charge is 0.465 e. The van der Waals surface area contributed by atoms with E-state index in [4.69, 9.17) is 9.47 Å². The van der Waals surface area contributed by atoms with E-state index in [9.17, 15) is 14.0 Å². The fourth-order valence-electron chi connectivity index (χ4n) is 3.44. The molecule has 1 aliphatic heterocycles. The van der Waals surface area contributed by atoms with E-state index in [0.29, 0.717) is 34.5 Å². The lowest BCUT2D eigenvalue weighted by atomic mass is 10.1. The number of morpholine rings is 1. The number of amides is 1. The Balaban J connectivity index is 1.59. The molecule has 32 heavy (non-hydrogen) atoms. The van der Waals surface area contributed by atoms with Crippen molar-refractivity contribution in [3.8, 4) is 10.6 Å². The lowest BCUT2D eigenvalue weighted by Crippen LogP contribution is -2.36. The number of benzene rings is 2. The Morgan fingerprint density at radius 3 is 2.56 bits per heavy atom. The van der Waals surface area contributed by atoms with Crippen LogP contribution in [-0.2, 0) is 9.47 Å². The maximum atomic E-state index is 13.2. The van der Waals surface area contributed by atoms with Gasteiger partial charge in [-0.25, -0.2) is 14.2 Å². The first kappa shape index (κ1) is 21.9.